The first-order valence-electron chi connectivity index (χ1n) is 6.85. The van der Waals surface area contributed by atoms with Crippen LogP contribution in [0.3, 0.4) is 0 Å². The fraction of sp³-hybridized carbons (Fsp3) is 0.267. The number of hydrogen-bond acceptors (Lipinski definition) is 5. The van der Waals surface area contributed by atoms with Gasteiger partial charge in [0, 0.05) is 28.1 Å². The second-order valence-electron chi connectivity index (χ2n) is 5.00. The largest absolute Gasteiger partial charge is 0.451 e. The van der Waals surface area contributed by atoms with Crippen molar-refractivity contribution in [1.82, 2.24) is 4.90 Å². The highest BCUT2D eigenvalue weighted by Crippen LogP contribution is 2.37. The Bertz CT molecular complexity index is 817. The molecule has 1 aromatic carbocycles. The van der Waals surface area contributed by atoms with Gasteiger partial charge in [0.15, 0.2) is 6.61 Å². The summed E-state index contributed by atoms with van der Waals surface area (Å²) in [5.74, 6) is -1.44. The van der Waals surface area contributed by atoms with Crippen molar-refractivity contribution in [3.63, 3.8) is 0 Å². The number of fused-ring (bicyclic) bond motifs is 1. The predicted molar refractivity (Wildman–Crippen MR) is 88.1 cm³/mol. The highest BCUT2D eigenvalue weighted by Gasteiger charge is 2.27. The molecular weight excluding hydrogens is 361 g/mol. The van der Waals surface area contributed by atoms with Crippen LogP contribution in [0.4, 0.5) is 0 Å². The lowest BCUT2D eigenvalue weighted by molar-refractivity contribution is -0.143. The van der Waals surface area contributed by atoms with Crippen LogP contribution in [-0.2, 0) is 14.3 Å². The zero-order valence-corrected chi connectivity index (χ0v) is 14.1. The number of rotatable bonds is 3. The third-order valence-corrected chi connectivity index (χ3v) is 5.35. The van der Waals surface area contributed by atoms with Gasteiger partial charge in [-0.3, -0.25) is 14.5 Å². The minimum atomic E-state index is -0.688. The van der Waals surface area contributed by atoms with Gasteiger partial charge in [0.25, 0.3) is 5.91 Å². The van der Waals surface area contributed by atoms with Crippen LogP contribution in [0.25, 0.3) is 10.1 Å². The van der Waals surface area contributed by atoms with Crippen molar-refractivity contribution in [1.29, 1.82) is 0 Å². The van der Waals surface area contributed by atoms with E-state index in [0.29, 0.717) is 29.8 Å². The van der Waals surface area contributed by atoms with Crippen LogP contribution < -0.4 is 0 Å². The van der Waals surface area contributed by atoms with Gasteiger partial charge < -0.3 is 4.74 Å². The lowest BCUT2D eigenvalue weighted by Crippen LogP contribution is -2.35. The second-order valence-corrected chi connectivity index (χ2v) is 6.87. The first-order valence-corrected chi connectivity index (χ1v) is 8.42. The average Bonchev–Trinajstić information content (AvgIpc) is 3.08. The minimum Gasteiger partial charge on any atom is -0.451 e. The van der Waals surface area contributed by atoms with Gasteiger partial charge in [-0.15, -0.1) is 11.3 Å². The van der Waals surface area contributed by atoms with Crippen LogP contribution in [0.2, 0.25) is 10.0 Å². The summed E-state index contributed by atoms with van der Waals surface area (Å²) in [5, 5.41) is 1.52. The van der Waals surface area contributed by atoms with E-state index in [1.54, 1.807) is 18.2 Å². The highest BCUT2D eigenvalue weighted by molar-refractivity contribution is 7.21. The maximum atomic E-state index is 12.1. The molecule has 0 N–H and O–H groups in total. The molecule has 1 saturated heterocycles. The number of carbonyl (C=O) groups is 3. The zero-order valence-electron chi connectivity index (χ0n) is 11.8. The summed E-state index contributed by atoms with van der Waals surface area (Å²) in [6.45, 7) is -0.104. The quantitative estimate of drug-likeness (QED) is 0.774. The van der Waals surface area contributed by atoms with Gasteiger partial charge in [-0.2, -0.15) is 0 Å². The number of halogens is 2. The van der Waals surface area contributed by atoms with Gasteiger partial charge in [0.1, 0.15) is 4.88 Å². The summed E-state index contributed by atoms with van der Waals surface area (Å²) in [6, 6.07) is 5.11. The normalized spacial score (nSPS) is 14.5. The van der Waals surface area contributed by atoms with Crippen molar-refractivity contribution in [2.75, 3.05) is 13.2 Å². The summed E-state index contributed by atoms with van der Waals surface area (Å²) in [5.41, 5.74) is 0. The van der Waals surface area contributed by atoms with Crippen LogP contribution in [0.1, 0.15) is 22.5 Å². The Balaban J connectivity index is 1.72. The Morgan fingerprint density at radius 1 is 1.30 bits per heavy atom. The van der Waals surface area contributed by atoms with Crippen molar-refractivity contribution in [2.24, 2.45) is 0 Å². The molecule has 2 aromatic rings. The van der Waals surface area contributed by atoms with Crippen LogP contribution >= 0.6 is 34.5 Å². The number of thiophene rings is 1. The van der Waals surface area contributed by atoms with Crippen LogP contribution in [-0.4, -0.2) is 35.8 Å². The van der Waals surface area contributed by atoms with E-state index < -0.39 is 18.5 Å². The number of hydrogen-bond donors (Lipinski definition) is 0. The van der Waals surface area contributed by atoms with Crippen LogP contribution in [0.15, 0.2) is 18.2 Å². The zero-order chi connectivity index (χ0) is 16.6. The lowest BCUT2D eigenvalue weighted by atomic mass is 10.2. The molecule has 0 bridgehead atoms. The molecule has 0 unspecified atom stereocenters. The first kappa shape index (κ1) is 16.2. The van der Waals surface area contributed by atoms with Gasteiger partial charge >= 0.3 is 5.97 Å². The van der Waals surface area contributed by atoms with Crippen LogP contribution in [0, 0.1) is 0 Å². The van der Waals surface area contributed by atoms with E-state index in [4.69, 9.17) is 27.9 Å². The summed E-state index contributed by atoms with van der Waals surface area (Å²) >= 11 is 13.2. The minimum absolute atomic E-state index is 0.212. The smallest absolute Gasteiger partial charge is 0.350 e. The molecule has 0 radical (unpaired) electrons. The SMILES string of the molecule is O=C(OCC(=O)N1CCCC1=O)c1sc2cc(Cl)ccc2c1Cl. The molecule has 1 aliphatic rings. The number of carbonyl (C=O) groups excluding carboxylic acids is 3. The molecule has 0 atom stereocenters. The van der Waals surface area contributed by atoms with Gasteiger partial charge in [0.2, 0.25) is 5.91 Å². The molecule has 3 rings (SSSR count). The number of nitrogens with zero attached hydrogens (tertiary/aromatic N) is 1. The number of benzene rings is 1. The maximum Gasteiger partial charge on any atom is 0.350 e. The molecule has 0 aliphatic carbocycles. The summed E-state index contributed by atoms with van der Waals surface area (Å²) in [6.07, 6.45) is 0.990. The molecule has 120 valence electrons. The molecule has 0 saturated carbocycles. The van der Waals surface area contributed by atoms with E-state index in [1.807, 2.05) is 0 Å². The summed E-state index contributed by atoms with van der Waals surface area (Å²) in [7, 11) is 0. The Hall–Kier alpha value is -1.63. The molecule has 1 aliphatic heterocycles. The Labute approximate surface area is 145 Å². The fourth-order valence-electron chi connectivity index (χ4n) is 2.35. The van der Waals surface area contributed by atoms with Crippen molar-refractivity contribution < 1.29 is 19.1 Å². The van der Waals surface area contributed by atoms with Crippen molar-refractivity contribution in [3.8, 4) is 0 Å². The summed E-state index contributed by atoms with van der Waals surface area (Å²) in [4.78, 5) is 36.8. The number of amides is 2. The molecule has 23 heavy (non-hydrogen) atoms. The van der Waals surface area contributed by atoms with E-state index in [9.17, 15) is 14.4 Å². The monoisotopic (exact) mass is 371 g/mol. The third-order valence-electron chi connectivity index (χ3n) is 3.48. The number of ether oxygens (including phenoxy) is 1. The van der Waals surface area contributed by atoms with Gasteiger partial charge in [-0.05, 0) is 18.6 Å². The fourth-order valence-corrected chi connectivity index (χ4v) is 4.03. The van der Waals surface area contributed by atoms with E-state index >= 15 is 0 Å². The van der Waals surface area contributed by atoms with E-state index in [1.165, 1.54) is 0 Å². The lowest BCUT2D eigenvalue weighted by Gasteiger charge is -2.13. The van der Waals surface area contributed by atoms with Gasteiger partial charge in [0.05, 0.1) is 5.02 Å². The molecule has 5 nitrogen and oxygen atoms in total. The Morgan fingerprint density at radius 3 is 2.78 bits per heavy atom. The third kappa shape index (κ3) is 3.20. The van der Waals surface area contributed by atoms with Crippen molar-refractivity contribution in [2.45, 2.75) is 12.8 Å². The molecule has 8 heteroatoms. The van der Waals surface area contributed by atoms with Crippen molar-refractivity contribution in [3.05, 3.63) is 33.1 Å². The highest BCUT2D eigenvalue weighted by atomic mass is 35.5. The van der Waals surface area contributed by atoms with Crippen LogP contribution in [0.5, 0.6) is 0 Å². The molecule has 1 aromatic heterocycles. The molecule has 1 fully saturated rings. The molecule has 2 amide bonds. The summed E-state index contributed by atoms with van der Waals surface area (Å²) < 4.78 is 5.76. The molecular formula is C15H11Cl2NO4S. The second kappa shape index (κ2) is 6.47. The Morgan fingerprint density at radius 2 is 2.09 bits per heavy atom. The number of likely N-dealkylation sites (tertiary alicyclic amines) is 1. The number of esters is 1. The number of imide groups is 1. The van der Waals surface area contributed by atoms with E-state index in [0.717, 1.165) is 20.9 Å². The predicted octanol–water partition coefficient (Wildman–Crippen LogP) is 3.51. The molecule has 2 heterocycles. The first-order chi connectivity index (χ1) is 11.0. The van der Waals surface area contributed by atoms with E-state index in [-0.39, 0.29) is 15.8 Å². The van der Waals surface area contributed by atoms with E-state index in [2.05, 4.69) is 0 Å². The van der Waals surface area contributed by atoms with Gasteiger partial charge in [-0.25, -0.2) is 4.79 Å². The maximum absolute atomic E-state index is 12.1. The topological polar surface area (TPSA) is 63.7 Å². The van der Waals surface area contributed by atoms with Gasteiger partial charge in [-0.1, -0.05) is 29.3 Å². The molecule has 0 spiro atoms. The van der Waals surface area contributed by atoms with Crippen molar-refractivity contribution >= 4 is 62.4 Å². The average molecular weight is 372 g/mol. The standard InChI is InChI=1S/C15H11Cl2NO4S/c16-8-3-4-9-10(6-8)23-14(13(9)17)15(21)22-7-12(20)18-5-1-2-11(18)19/h3-4,6H,1-2,5,7H2. The Kier molecular flexibility index (Phi) is 4.57.